The molecule has 1 aliphatic heterocycles. The van der Waals surface area contributed by atoms with Gasteiger partial charge in [0.15, 0.2) is 0 Å². The van der Waals surface area contributed by atoms with E-state index in [1.165, 1.54) is 6.42 Å². The SMILES string of the molecule is Cc1cccc(COC[C@@]23CCC[C@@H]2CN(C(=O)c2ncccn2)C3)n1. The monoisotopic (exact) mass is 352 g/mol. The Morgan fingerprint density at radius 1 is 1.31 bits per heavy atom. The summed E-state index contributed by atoms with van der Waals surface area (Å²) in [4.78, 5) is 27.3. The van der Waals surface area contributed by atoms with Crippen molar-refractivity contribution in [3.8, 4) is 0 Å². The number of aryl methyl sites for hydroxylation is 1. The second-order valence-electron chi connectivity index (χ2n) is 7.47. The van der Waals surface area contributed by atoms with Crippen LogP contribution in [0, 0.1) is 18.3 Å². The van der Waals surface area contributed by atoms with Crippen LogP contribution in [-0.2, 0) is 11.3 Å². The van der Waals surface area contributed by atoms with Crippen LogP contribution in [0.2, 0.25) is 0 Å². The molecular formula is C20H24N4O2. The van der Waals surface area contributed by atoms with Crippen molar-refractivity contribution in [3.05, 3.63) is 53.9 Å². The van der Waals surface area contributed by atoms with Gasteiger partial charge < -0.3 is 9.64 Å². The number of pyridine rings is 1. The summed E-state index contributed by atoms with van der Waals surface area (Å²) < 4.78 is 6.07. The summed E-state index contributed by atoms with van der Waals surface area (Å²) in [6.07, 6.45) is 6.71. The maximum Gasteiger partial charge on any atom is 0.291 e. The van der Waals surface area contributed by atoms with Crippen molar-refractivity contribution in [2.45, 2.75) is 32.8 Å². The van der Waals surface area contributed by atoms with Crippen LogP contribution in [0.3, 0.4) is 0 Å². The first-order chi connectivity index (χ1) is 12.7. The predicted molar refractivity (Wildman–Crippen MR) is 96.3 cm³/mol. The Hall–Kier alpha value is -2.34. The third-order valence-electron chi connectivity index (χ3n) is 5.67. The van der Waals surface area contributed by atoms with Gasteiger partial charge in [0.05, 0.1) is 18.9 Å². The molecule has 3 heterocycles. The maximum absolute atomic E-state index is 12.7. The average Bonchev–Trinajstić information content (AvgIpc) is 3.19. The summed E-state index contributed by atoms with van der Waals surface area (Å²) in [5.74, 6) is 0.716. The van der Waals surface area contributed by atoms with Crippen LogP contribution in [0.1, 0.15) is 41.3 Å². The summed E-state index contributed by atoms with van der Waals surface area (Å²) in [7, 11) is 0. The normalized spacial score (nSPS) is 24.7. The summed E-state index contributed by atoms with van der Waals surface area (Å²) in [5, 5.41) is 0. The number of ether oxygens (including phenoxy) is 1. The van der Waals surface area contributed by atoms with Crippen LogP contribution >= 0.6 is 0 Å². The molecule has 6 nitrogen and oxygen atoms in total. The zero-order valence-electron chi connectivity index (χ0n) is 15.1. The first-order valence-corrected chi connectivity index (χ1v) is 9.23. The highest BCUT2D eigenvalue weighted by atomic mass is 16.5. The van der Waals surface area contributed by atoms with E-state index in [9.17, 15) is 4.79 Å². The van der Waals surface area contributed by atoms with Crippen LogP contribution in [0.15, 0.2) is 36.7 Å². The summed E-state index contributed by atoms with van der Waals surface area (Å²) in [5.41, 5.74) is 2.02. The highest BCUT2D eigenvalue weighted by molar-refractivity contribution is 5.90. The molecular weight excluding hydrogens is 328 g/mol. The van der Waals surface area contributed by atoms with Gasteiger partial charge in [0, 0.05) is 36.6 Å². The summed E-state index contributed by atoms with van der Waals surface area (Å²) >= 11 is 0. The van der Waals surface area contributed by atoms with Crippen molar-refractivity contribution in [2.24, 2.45) is 11.3 Å². The van der Waals surface area contributed by atoms with E-state index in [1.54, 1.807) is 18.5 Å². The van der Waals surface area contributed by atoms with Gasteiger partial charge in [-0.3, -0.25) is 9.78 Å². The number of likely N-dealkylation sites (tertiary alicyclic amines) is 1. The zero-order chi connectivity index (χ0) is 18.0. The van der Waals surface area contributed by atoms with E-state index in [4.69, 9.17) is 4.74 Å². The van der Waals surface area contributed by atoms with Crippen LogP contribution in [-0.4, -0.2) is 45.5 Å². The molecule has 0 spiro atoms. The Balaban J connectivity index is 1.41. The largest absolute Gasteiger partial charge is 0.375 e. The average molecular weight is 352 g/mol. The van der Waals surface area contributed by atoms with Crippen molar-refractivity contribution in [2.75, 3.05) is 19.7 Å². The lowest BCUT2D eigenvalue weighted by molar-refractivity contribution is 0.0251. The third-order valence-corrected chi connectivity index (χ3v) is 5.67. The second-order valence-corrected chi connectivity index (χ2v) is 7.47. The lowest BCUT2D eigenvalue weighted by Gasteiger charge is -2.28. The number of aromatic nitrogens is 3. The minimum atomic E-state index is -0.0697. The molecule has 1 saturated heterocycles. The van der Waals surface area contributed by atoms with Gasteiger partial charge in [0.25, 0.3) is 5.91 Å². The predicted octanol–water partition coefficient (Wildman–Crippen LogP) is 2.64. The molecule has 2 aliphatic rings. The van der Waals surface area contributed by atoms with Crippen LogP contribution < -0.4 is 0 Å². The van der Waals surface area contributed by atoms with Crippen LogP contribution in [0.4, 0.5) is 0 Å². The molecule has 0 bridgehead atoms. The number of hydrogen-bond acceptors (Lipinski definition) is 5. The second kappa shape index (κ2) is 7.11. The number of hydrogen-bond donors (Lipinski definition) is 0. The zero-order valence-corrected chi connectivity index (χ0v) is 15.1. The van der Waals surface area contributed by atoms with Crippen molar-refractivity contribution in [1.82, 2.24) is 19.9 Å². The molecule has 2 aromatic heterocycles. The molecule has 2 atom stereocenters. The smallest absolute Gasteiger partial charge is 0.291 e. The Labute approximate surface area is 153 Å². The van der Waals surface area contributed by atoms with E-state index < -0.39 is 0 Å². The fraction of sp³-hybridized carbons (Fsp3) is 0.500. The molecule has 0 N–H and O–H groups in total. The molecule has 26 heavy (non-hydrogen) atoms. The molecule has 0 aromatic carbocycles. The summed E-state index contributed by atoms with van der Waals surface area (Å²) in [6.45, 7) is 4.69. The Morgan fingerprint density at radius 2 is 2.15 bits per heavy atom. The van der Waals surface area contributed by atoms with Crippen molar-refractivity contribution >= 4 is 5.91 Å². The van der Waals surface area contributed by atoms with E-state index in [1.807, 2.05) is 30.0 Å². The number of amides is 1. The Bertz CT molecular complexity index is 782. The highest BCUT2D eigenvalue weighted by Crippen LogP contribution is 2.49. The van der Waals surface area contributed by atoms with E-state index in [-0.39, 0.29) is 17.1 Å². The van der Waals surface area contributed by atoms with E-state index in [2.05, 4.69) is 15.0 Å². The van der Waals surface area contributed by atoms with Gasteiger partial charge in [-0.2, -0.15) is 0 Å². The number of nitrogens with zero attached hydrogens (tertiary/aromatic N) is 4. The number of rotatable bonds is 5. The molecule has 1 saturated carbocycles. The fourth-order valence-electron chi connectivity index (χ4n) is 4.39. The van der Waals surface area contributed by atoms with Crippen LogP contribution in [0.5, 0.6) is 0 Å². The Morgan fingerprint density at radius 3 is 2.96 bits per heavy atom. The van der Waals surface area contributed by atoms with Gasteiger partial charge in [-0.05, 0) is 43.9 Å². The quantitative estimate of drug-likeness (QED) is 0.827. The van der Waals surface area contributed by atoms with E-state index in [0.717, 1.165) is 37.3 Å². The van der Waals surface area contributed by atoms with Gasteiger partial charge in [-0.25, -0.2) is 9.97 Å². The van der Waals surface area contributed by atoms with Crippen molar-refractivity contribution in [1.29, 1.82) is 0 Å². The number of carbonyl (C=O) groups excluding carboxylic acids is 1. The van der Waals surface area contributed by atoms with Crippen LogP contribution in [0.25, 0.3) is 0 Å². The van der Waals surface area contributed by atoms with Crippen molar-refractivity contribution < 1.29 is 9.53 Å². The lowest BCUT2D eigenvalue weighted by atomic mass is 9.81. The van der Waals surface area contributed by atoms with Gasteiger partial charge in [-0.15, -0.1) is 0 Å². The minimum Gasteiger partial charge on any atom is -0.375 e. The standard InChI is InChI=1S/C20H24N4O2/c1-15-5-2-7-17(23-15)12-26-14-20-8-3-6-16(20)11-24(13-20)19(25)18-21-9-4-10-22-18/h2,4-5,7,9-10,16H,3,6,8,11-14H2,1H3/t16-,20+/m1/s1. The van der Waals surface area contributed by atoms with Gasteiger partial charge in [0.1, 0.15) is 0 Å². The first kappa shape index (κ1) is 17.1. The first-order valence-electron chi connectivity index (χ1n) is 9.23. The van der Waals surface area contributed by atoms with Gasteiger partial charge >= 0.3 is 0 Å². The molecule has 2 fully saturated rings. The van der Waals surface area contributed by atoms with E-state index in [0.29, 0.717) is 19.1 Å². The van der Waals surface area contributed by atoms with Crippen molar-refractivity contribution in [3.63, 3.8) is 0 Å². The van der Waals surface area contributed by atoms with Gasteiger partial charge in [-0.1, -0.05) is 12.5 Å². The molecule has 136 valence electrons. The molecule has 1 amide bonds. The molecule has 6 heteroatoms. The molecule has 0 unspecified atom stereocenters. The Kier molecular flexibility index (Phi) is 4.68. The molecule has 0 radical (unpaired) electrons. The highest BCUT2D eigenvalue weighted by Gasteiger charge is 2.51. The molecule has 1 aliphatic carbocycles. The topological polar surface area (TPSA) is 68.2 Å². The third kappa shape index (κ3) is 3.33. The van der Waals surface area contributed by atoms with Gasteiger partial charge in [0.2, 0.25) is 5.82 Å². The number of fused-ring (bicyclic) bond motifs is 1. The maximum atomic E-state index is 12.7. The lowest BCUT2D eigenvalue weighted by Crippen LogP contribution is -2.35. The minimum absolute atomic E-state index is 0.0638. The molecule has 2 aromatic rings. The summed E-state index contributed by atoms with van der Waals surface area (Å²) in [6, 6.07) is 7.72. The van der Waals surface area contributed by atoms with E-state index >= 15 is 0 Å². The number of carbonyl (C=O) groups is 1. The fourth-order valence-corrected chi connectivity index (χ4v) is 4.39. The molecule has 4 rings (SSSR count).